The fourth-order valence-electron chi connectivity index (χ4n) is 4.40. The van der Waals surface area contributed by atoms with E-state index in [9.17, 15) is 4.79 Å². The molecule has 0 radical (unpaired) electrons. The van der Waals surface area contributed by atoms with E-state index in [1.165, 1.54) is 0 Å². The minimum absolute atomic E-state index is 0.0958. The highest BCUT2D eigenvalue weighted by atomic mass is 16.5. The topological polar surface area (TPSA) is 72.3 Å². The van der Waals surface area contributed by atoms with Gasteiger partial charge in [-0.1, -0.05) is 35.5 Å². The summed E-state index contributed by atoms with van der Waals surface area (Å²) in [6, 6.07) is 10.5. The molecular weight excluding hydrogens is 342 g/mol. The summed E-state index contributed by atoms with van der Waals surface area (Å²) in [5, 5.41) is 11.5. The normalized spacial score (nSPS) is 26.9. The van der Waals surface area contributed by atoms with Gasteiger partial charge in [0.05, 0.1) is 25.3 Å². The molecule has 1 unspecified atom stereocenters. The zero-order chi connectivity index (χ0) is 18.6. The zero-order valence-corrected chi connectivity index (χ0v) is 15.8. The standard InChI is InChI=1S/C20H27N5O2/c1-27-14-17-11-25(23-22-17)12-18-9-16-7-8-24(18)13-19(16)20(26)21-10-15-5-3-2-4-6-15/h2-6,11,16,18-19H,7-10,12-14H2,1H3,(H,21,26)/t16-,18-,19+/m1/s1. The van der Waals surface area contributed by atoms with Crippen LogP contribution in [0.4, 0.5) is 0 Å². The second kappa shape index (κ2) is 8.19. The Bertz CT molecular complexity index is 763. The quantitative estimate of drug-likeness (QED) is 0.800. The van der Waals surface area contributed by atoms with Gasteiger partial charge in [0.25, 0.3) is 0 Å². The van der Waals surface area contributed by atoms with Gasteiger partial charge in [0.2, 0.25) is 5.91 Å². The molecule has 0 saturated carbocycles. The molecule has 4 atom stereocenters. The summed E-state index contributed by atoms with van der Waals surface area (Å²) < 4.78 is 7.01. The fraction of sp³-hybridized carbons (Fsp3) is 0.550. The summed E-state index contributed by atoms with van der Waals surface area (Å²) in [5.74, 6) is 0.742. The minimum atomic E-state index is 0.0958. The van der Waals surface area contributed by atoms with Crippen LogP contribution in [-0.2, 0) is 29.2 Å². The fourth-order valence-corrected chi connectivity index (χ4v) is 4.40. The van der Waals surface area contributed by atoms with E-state index in [1.54, 1.807) is 7.11 Å². The van der Waals surface area contributed by atoms with Crippen LogP contribution in [0.15, 0.2) is 36.5 Å². The van der Waals surface area contributed by atoms with E-state index < -0.39 is 0 Å². The van der Waals surface area contributed by atoms with Crippen molar-refractivity contribution in [2.75, 3.05) is 20.2 Å². The number of nitrogens with zero attached hydrogens (tertiary/aromatic N) is 4. The summed E-state index contributed by atoms with van der Waals surface area (Å²) in [6.45, 7) is 3.83. The first-order valence-electron chi connectivity index (χ1n) is 9.66. The molecule has 7 nitrogen and oxygen atoms in total. The maximum atomic E-state index is 12.7. The van der Waals surface area contributed by atoms with E-state index in [1.807, 2.05) is 41.2 Å². The number of carbonyl (C=O) groups is 1. The Balaban J connectivity index is 1.32. The number of aromatic nitrogens is 3. The largest absolute Gasteiger partial charge is 0.378 e. The lowest BCUT2D eigenvalue weighted by molar-refractivity contribution is -0.133. The second-order valence-corrected chi connectivity index (χ2v) is 7.61. The van der Waals surface area contributed by atoms with Crippen LogP contribution in [0.2, 0.25) is 0 Å². The van der Waals surface area contributed by atoms with Crippen molar-refractivity contribution < 1.29 is 9.53 Å². The molecule has 3 saturated heterocycles. The van der Waals surface area contributed by atoms with Crippen molar-refractivity contribution in [2.45, 2.75) is 38.6 Å². The number of hydrogen-bond donors (Lipinski definition) is 1. The van der Waals surface area contributed by atoms with Crippen LogP contribution in [0.5, 0.6) is 0 Å². The van der Waals surface area contributed by atoms with Crippen LogP contribution in [0.3, 0.4) is 0 Å². The third-order valence-electron chi connectivity index (χ3n) is 5.80. The number of rotatable bonds is 7. The molecule has 2 bridgehead atoms. The second-order valence-electron chi connectivity index (χ2n) is 7.61. The van der Waals surface area contributed by atoms with E-state index >= 15 is 0 Å². The van der Waals surface area contributed by atoms with Crippen LogP contribution in [-0.4, -0.2) is 52.0 Å². The van der Waals surface area contributed by atoms with Crippen LogP contribution in [0, 0.1) is 11.8 Å². The average molecular weight is 369 g/mol. The average Bonchev–Trinajstić information content (AvgIpc) is 3.14. The van der Waals surface area contributed by atoms with Gasteiger partial charge in [-0.3, -0.25) is 14.4 Å². The van der Waals surface area contributed by atoms with E-state index in [-0.39, 0.29) is 11.8 Å². The third-order valence-corrected chi connectivity index (χ3v) is 5.80. The maximum absolute atomic E-state index is 12.7. The summed E-state index contributed by atoms with van der Waals surface area (Å²) >= 11 is 0. The lowest BCUT2D eigenvalue weighted by Crippen LogP contribution is -2.58. The molecule has 5 rings (SSSR count). The maximum Gasteiger partial charge on any atom is 0.224 e. The van der Waals surface area contributed by atoms with Gasteiger partial charge < -0.3 is 10.1 Å². The van der Waals surface area contributed by atoms with Gasteiger partial charge in [-0.2, -0.15) is 0 Å². The SMILES string of the molecule is COCc1cn(C[C@H]2C[C@H]3CCN2C[C@@H]3C(=O)NCc2ccccc2)nn1. The lowest BCUT2D eigenvalue weighted by atomic mass is 9.75. The van der Waals surface area contributed by atoms with Crippen LogP contribution >= 0.6 is 0 Å². The Hall–Kier alpha value is -2.25. The number of amides is 1. The van der Waals surface area contributed by atoms with Crippen molar-refractivity contribution in [2.24, 2.45) is 11.8 Å². The van der Waals surface area contributed by atoms with Gasteiger partial charge in [-0.05, 0) is 30.9 Å². The Kier molecular flexibility index (Phi) is 5.50. The number of hydrogen-bond acceptors (Lipinski definition) is 5. The van der Waals surface area contributed by atoms with E-state index in [2.05, 4.69) is 20.5 Å². The predicted molar refractivity (Wildman–Crippen MR) is 101 cm³/mol. The minimum Gasteiger partial charge on any atom is -0.378 e. The van der Waals surface area contributed by atoms with Crippen molar-refractivity contribution in [3.05, 3.63) is 47.8 Å². The summed E-state index contributed by atoms with van der Waals surface area (Å²) in [5.41, 5.74) is 2.00. The summed E-state index contributed by atoms with van der Waals surface area (Å²) in [7, 11) is 1.66. The van der Waals surface area contributed by atoms with E-state index in [0.29, 0.717) is 25.1 Å². The first kappa shape index (κ1) is 18.1. The first-order valence-corrected chi connectivity index (χ1v) is 9.66. The Labute approximate surface area is 159 Å². The van der Waals surface area contributed by atoms with Crippen molar-refractivity contribution in [3.63, 3.8) is 0 Å². The molecular formula is C20H27N5O2. The molecule has 0 spiro atoms. The highest BCUT2D eigenvalue weighted by molar-refractivity contribution is 5.79. The Morgan fingerprint density at radius 2 is 2.19 bits per heavy atom. The smallest absolute Gasteiger partial charge is 0.224 e. The van der Waals surface area contributed by atoms with Gasteiger partial charge in [0.15, 0.2) is 0 Å². The van der Waals surface area contributed by atoms with Crippen molar-refractivity contribution >= 4 is 5.91 Å². The van der Waals surface area contributed by atoms with Crippen LogP contribution in [0.1, 0.15) is 24.1 Å². The van der Waals surface area contributed by atoms with Crippen LogP contribution in [0.25, 0.3) is 0 Å². The number of fused-ring (bicyclic) bond motifs is 3. The number of methoxy groups -OCH3 is 1. The molecule has 1 N–H and O–H groups in total. The van der Waals surface area contributed by atoms with Crippen molar-refractivity contribution in [3.8, 4) is 0 Å². The van der Waals surface area contributed by atoms with Crippen LogP contribution < -0.4 is 5.32 Å². The molecule has 1 aromatic heterocycles. The molecule has 2 aromatic rings. The molecule has 3 aliphatic rings. The highest BCUT2D eigenvalue weighted by Crippen LogP contribution is 2.36. The molecule has 27 heavy (non-hydrogen) atoms. The Morgan fingerprint density at radius 1 is 1.33 bits per heavy atom. The third kappa shape index (κ3) is 4.20. The monoisotopic (exact) mass is 369 g/mol. The number of ether oxygens (including phenoxy) is 1. The van der Waals surface area contributed by atoms with E-state index in [0.717, 1.165) is 43.7 Å². The molecule has 1 amide bonds. The summed E-state index contributed by atoms with van der Waals surface area (Å²) in [6.07, 6.45) is 4.10. The molecule has 1 aromatic carbocycles. The number of piperidine rings is 3. The van der Waals surface area contributed by atoms with E-state index in [4.69, 9.17) is 4.74 Å². The molecule has 3 aliphatic heterocycles. The van der Waals surface area contributed by atoms with Crippen molar-refractivity contribution in [1.82, 2.24) is 25.2 Å². The molecule has 0 aliphatic carbocycles. The zero-order valence-electron chi connectivity index (χ0n) is 15.8. The molecule has 144 valence electrons. The number of benzene rings is 1. The lowest BCUT2D eigenvalue weighted by Gasteiger charge is -2.49. The molecule has 3 fully saturated rings. The van der Waals surface area contributed by atoms with Crippen molar-refractivity contribution in [1.29, 1.82) is 0 Å². The predicted octanol–water partition coefficient (Wildman–Crippen LogP) is 1.45. The van der Waals surface area contributed by atoms with Gasteiger partial charge in [0.1, 0.15) is 5.69 Å². The summed E-state index contributed by atoms with van der Waals surface area (Å²) in [4.78, 5) is 15.2. The van der Waals surface area contributed by atoms with Gasteiger partial charge in [-0.25, -0.2) is 0 Å². The Morgan fingerprint density at radius 3 is 2.93 bits per heavy atom. The first-order chi connectivity index (χ1) is 13.2. The molecule has 4 heterocycles. The van der Waals surface area contributed by atoms with Gasteiger partial charge >= 0.3 is 0 Å². The number of carbonyl (C=O) groups excluding carboxylic acids is 1. The highest BCUT2D eigenvalue weighted by Gasteiger charge is 2.43. The number of nitrogens with one attached hydrogen (secondary N) is 1. The molecule has 7 heteroatoms. The van der Waals surface area contributed by atoms with Gasteiger partial charge in [0, 0.05) is 26.2 Å². The van der Waals surface area contributed by atoms with Gasteiger partial charge in [-0.15, -0.1) is 5.10 Å².